The second kappa shape index (κ2) is 6.75. The lowest BCUT2D eigenvalue weighted by Crippen LogP contribution is -2.47. The van der Waals surface area contributed by atoms with Crippen LogP contribution in [0.2, 0.25) is 0 Å². The monoisotopic (exact) mass is 290 g/mol. The maximum absolute atomic E-state index is 6.16. The Bertz CT molecular complexity index is 451. The molecule has 1 heterocycles. The third-order valence-electron chi connectivity index (χ3n) is 4.53. The molecule has 0 radical (unpaired) electrons. The average molecular weight is 291 g/mol. The Morgan fingerprint density at radius 3 is 2.55 bits per heavy atom. The molecule has 0 spiro atoms. The molecule has 3 heteroatoms. The number of nitrogens with one attached hydrogen (secondary N) is 1. The second-order valence-corrected chi connectivity index (χ2v) is 6.31. The zero-order chi connectivity index (χ0) is 13.8. The van der Waals surface area contributed by atoms with Crippen LogP contribution < -0.4 is 5.32 Å². The Labute approximate surface area is 126 Å². The Balaban J connectivity index is 1.83. The quantitative estimate of drug-likeness (QED) is 0.916. The van der Waals surface area contributed by atoms with Crippen LogP contribution in [0.25, 0.3) is 0 Å². The smallest absolute Gasteiger partial charge is 0.0380 e. The third-order valence-corrected chi connectivity index (χ3v) is 4.87. The fraction of sp³-hybridized carbons (Fsp3) is 0.529. The van der Waals surface area contributed by atoms with Crippen molar-refractivity contribution in [2.75, 3.05) is 26.2 Å². The molecule has 1 aromatic carbocycles. The predicted octanol–water partition coefficient (Wildman–Crippen LogP) is 3.56. The molecule has 2 aliphatic rings. The van der Waals surface area contributed by atoms with E-state index < -0.39 is 0 Å². The molecule has 0 saturated carbocycles. The van der Waals surface area contributed by atoms with Crippen LogP contribution in [0.15, 0.2) is 41.4 Å². The van der Waals surface area contributed by atoms with Crippen molar-refractivity contribution in [2.45, 2.75) is 25.3 Å². The molecule has 1 aliphatic carbocycles. The van der Waals surface area contributed by atoms with Crippen LogP contribution in [-0.4, -0.2) is 31.1 Å². The molecule has 0 amide bonds. The molecule has 1 aromatic rings. The highest BCUT2D eigenvalue weighted by molar-refractivity contribution is 6.29. The maximum Gasteiger partial charge on any atom is 0.0380 e. The van der Waals surface area contributed by atoms with Crippen LogP contribution in [0.5, 0.6) is 0 Å². The first-order chi connectivity index (χ1) is 9.84. The zero-order valence-corrected chi connectivity index (χ0v) is 12.6. The maximum atomic E-state index is 6.16. The van der Waals surface area contributed by atoms with Gasteiger partial charge in [0.2, 0.25) is 0 Å². The molecule has 108 valence electrons. The van der Waals surface area contributed by atoms with Crippen molar-refractivity contribution in [2.24, 2.45) is 5.92 Å². The van der Waals surface area contributed by atoms with E-state index in [0.29, 0.717) is 12.0 Å². The second-order valence-electron chi connectivity index (χ2n) is 5.83. The fourth-order valence-corrected chi connectivity index (χ4v) is 3.70. The summed E-state index contributed by atoms with van der Waals surface area (Å²) in [5.41, 5.74) is 1.46. The number of halogens is 1. The van der Waals surface area contributed by atoms with Crippen molar-refractivity contribution in [3.05, 3.63) is 47.0 Å². The van der Waals surface area contributed by atoms with Gasteiger partial charge in [0, 0.05) is 37.3 Å². The Kier molecular flexibility index (Phi) is 4.77. The minimum Gasteiger partial charge on any atom is -0.314 e. The van der Waals surface area contributed by atoms with Crippen LogP contribution in [0.1, 0.15) is 30.9 Å². The first-order valence-electron chi connectivity index (χ1n) is 7.69. The van der Waals surface area contributed by atoms with Crippen molar-refractivity contribution in [1.29, 1.82) is 0 Å². The van der Waals surface area contributed by atoms with Crippen molar-refractivity contribution >= 4 is 11.6 Å². The zero-order valence-electron chi connectivity index (χ0n) is 11.9. The van der Waals surface area contributed by atoms with Crippen LogP contribution in [0.4, 0.5) is 0 Å². The number of hydrogen-bond donors (Lipinski definition) is 1. The molecular weight excluding hydrogens is 268 g/mol. The van der Waals surface area contributed by atoms with E-state index in [4.69, 9.17) is 11.6 Å². The highest BCUT2D eigenvalue weighted by Crippen LogP contribution is 2.38. The molecular formula is C17H23ClN2. The standard InChI is InChI=1S/C17H23ClN2/c18-16-8-6-15(7-9-16)17(14-4-2-1-3-5-14)20-12-10-19-11-13-20/h1-5,8,15,17,19H,6-7,9-13H2. The fourth-order valence-electron chi connectivity index (χ4n) is 3.50. The summed E-state index contributed by atoms with van der Waals surface area (Å²) in [7, 11) is 0. The van der Waals surface area contributed by atoms with Crippen LogP contribution >= 0.6 is 11.6 Å². The summed E-state index contributed by atoms with van der Waals surface area (Å²) in [4.78, 5) is 2.66. The lowest BCUT2D eigenvalue weighted by molar-refractivity contribution is 0.118. The lowest BCUT2D eigenvalue weighted by atomic mass is 9.83. The molecule has 1 N–H and O–H groups in total. The summed E-state index contributed by atoms with van der Waals surface area (Å²) in [5, 5.41) is 4.51. The topological polar surface area (TPSA) is 15.3 Å². The average Bonchev–Trinajstić information content (AvgIpc) is 2.52. The first-order valence-corrected chi connectivity index (χ1v) is 8.06. The van der Waals surface area contributed by atoms with Crippen LogP contribution in [0.3, 0.4) is 0 Å². The normalized spacial score (nSPS) is 26.1. The van der Waals surface area contributed by atoms with Gasteiger partial charge in [-0.25, -0.2) is 0 Å². The number of piperazine rings is 1. The summed E-state index contributed by atoms with van der Waals surface area (Å²) in [5.74, 6) is 0.693. The van der Waals surface area contributed by atoms with Gasteiger partial charge >= 0.3 is 0 Å². The van der Waals surface area contributed by atoms with Crippen molar-refractivity contribution in [3.8, 4) is 0 Å². The van der Waals surface area contributed by atoms with Gasteiger partial charge in [0.1, 0.15) is 0 Å². The van der Waals surface area contributed by atoms with Gasteiger partial charge in [-0.1, -0.05) is 48.0 Å². The van der Waals surface area contributed by atoms with E-state index in [0.717, 1.165) is 44.1 Å². The summed E-state index contributed by atoms with van der Waals surface area (Å²) in [6.45, 7) is 4.50. The summed E-state index contributed by atoms with van der Waals surface area (Å²) < 4.78 is 0. The molecule has 20 heavy (non-hydrogen) atoms. The van der Waals surface area contributed by atoms with Gasteiger partial charge in [-0.15, -0.1) is 0 Å². The number of nitrogens with zero attached hydrogens (tertiary/aromatic N) is 1. The Morgan fingerprint density at radius 1 is 1.15 bits per heavy atom. The summed E-state index contributed by atoms with van der Waals surface area (Å²) in [6, 6.07) is 11.5. The predicted molar refractivity (Wildman–Crippen MR) is 84.9 cm³/mol. The molecule has 0 aromatic heterocycles. The third kappa shape index (κ3) is 3.25. The number of rotatable bonds is 3. The van der Waals surface area contributed by atoms with Gasteiger partial charge in [0.25, 0.3) is 0 Å². The van der Waals surface area contributed by atoms with Gasteiger partial charge in [0.15, 0.2) is 0 Å². The molecule has 2 nitrogen and oxygen atoms in total. The largest absolute Gasteiger partial charge is 0.314 e. The summed E-state index contributed by atoms with van der Waals surface area (Å²) in [6.07, 6.45) is 5.59. The molecule has 2 atom stereocenters. The SMILES string of the molecule is ClC1=CCC(C(c2ccccc2)N2CCNCC2)CC1. The molecule has 1 saturated heterocycles. The lowest BCUT2D eigenvalue weighted by Gasteiger charge is -2.40. The van der Waals surface area contributed by atoms with Gasteiger partial charge in [-0.2, -0.15) is 0 Å². The molecule has 3 rings (SSSR count). The van der Waals surface area contributed by atoms with E-state index in [-0.39, 0.29) is 0 Å². The van der Waals surface area contributed by atoms with Crippen molar-refractivity contribution in [1.82, 2.24) is 10.2 Å². The highest BCUT2D eigenvalue weighted by atomic mass is 35.5. The van der Waals surface area contributed by atoms with Gasteiger partial charge in [-0.05, 0) is 30.7 Å². The van der Waals surface area contributed by atoms with E-state index >= 15 is 0 Å². The van der Waals surface area contributed by atoms with Crippen molar-refractivity contribution in [3.63, 3.8) is 0 Å². The number of allylic oxidation sites excluding steroid dienone is 2. The molecule has 0 bridgehead atoms. The molecule has 2 unspecified atom stereocenters. The van der Waals surface area contributed by atoms with E-state index in [1.54, 1.807) is 0 Å². The van der Waals surface area contributed by atoms with Crippen molar-refractivity contribution < 1.29 is 0 Å². The van der Waals surface area contributed by atoms with E-state index in [2.05, 4.69) is 46.6 Å². The van der Waals surface area contributed by atoms with Crippen LogP contribution in [-0.2, 0) is 0 Å². The minimum absolute atomic E-state index is 0.541. The van der Waals surface area contributed by atoms with E-state index in [9.17, 15) is 0 Å². The van der Waals surface area contributed by atoms with Crippen LogP contribution in [0, 0.1) is 5.92 Å². The first kappa shape index (κ1) is 14.1. The molecule has 1 fully saturated rings. The number of benzene rings is 1. The Morgan fingerprint density at radius 2 is 1.90 bits per heavy atom. The van der Waals surface area contributed by atoms with Gasteiger partial charge < -0.3 is 5.32 Å². The van der Waals surface area contributed by atoms with E-state index in [1.165, 1.54) is 12.0 Å². The summed E-state index contributed by atoms with van der Waals surface area (Å²) >= 11 is 6.16. The van der Waals surface area contributed by atoms with Gasteiger partial charge in [0.05, 0.1) is 0 Å². The molecule has 1 aliphatic heterocycles. The highest BCUT2D eigenvalue weighted by Gasteiger charge is 2.30. The van der Waals surface area contributed by atoms with E-state index in [1.807, 2.05) is 0 Å². The number of hydrogen-bond acceptors (Lipinski definition) is 2. The minimum atomic E-state index is 0.541. The van der Waals surface area contributed by atoms with Gasteiger partial charge in [-0.3, -0.25) is 4.90 Å². The Hall–Kier alpha value is -0.830.